The highest BCUT2D eigenvalue weighted by atomic mass is 32.1. The minimum atomic E-state index is -0.345. The molecule has 1 aliphatic carbocycles. The average molecular weight is 357 g/mol. The Kier molecular flexibility index (Phi) is 4.72. The van der Waals surface area contributed by atoms with Crippen molar-refractivity contribution >= 4 is 17.1 Å². The molecule has 2 heterocycles. The number of allylic oxidation sites excluding steroid dienone is 3. The van der Waals surface area contributed by atoms with Gasteiger partial charge in [-0.15, -0.1) is 11.3 Å². The Balaban J connectivity index is 2.19. The van der Waals surface area contributed by atoms with Crippen molar-refractivity contribution in [1.29, 1.82) is 5.26 Å². The molecule has 0 saturated carbocycles. The molecule has 1 aliphatic heterocycles. The van der Waals surface area contributed by atoms with Gasteiger partial charge >= 0.3 is 0 Å². The second-order valence-electron chi connectivity index (χ2n) is 7.30. The van der Waals surface area contributed by atoms with E-state index in [9.17, 15) is 10.1 Å². The van der Waals surface area contributed by atoms with Crippen LogP contribution in [0.25, 0.3) is 0 Å². The maximum atomic E-state index is 13.1. The van der Waals surface area contributed by atoms with Gasteiger partial charge in [0.2, 0.25) is 0 Å². The van der Waals surface area contributed by atoms with E-state index in [2.05, 4.69) is 19.9 Å². The van der Waals surface area contributed by atoms with Gasteiger partial charge in [-0.05, 0) is 23.3 Å². The van der Waals surface area contributed by atoms with E-state index in [-0.39, 0.29) is 17.1 Å². The predicted molar refractivity (Wildman–Crippen MR) is 97.5 cm³/mol. The van der Waals surface area contributed by atoms with E-state index in [0.29, 0.717) is 31.0 Å². The number of methoxy groups -OCH3 is 1. The van der Waals surface area contributed by atoms with E-state index in [1.54, 1.807) is 18.4 Å². The molecular formula is C19H23N3O2S. The lowest BCUT2D eigenvalue weighted by atomic mass is 9.70. The molecule has 25 heavy (non-hydrogen) atoms. The molecule has 0 unspecified atom stereocenters. The summed E-state index contributed by atoms with van der Waals surface area (Å²) < 4.78 is 5.21. The summed E-state index contributed by atoms with van der Waals surface area (Å²) >= 11 is 1.56. The monoisotopic (exact) mass is 357 g/mol. The van der Waals surface area contributed by atoms with Gasteiger partial charge in [0, 0.05) is 36.2 Å². The van der Waals surface area contributed by atoms with E-state index in [1.807, 2.05) is 22.4 Å². The first-order valence-corrected chi connectivity index (χ1v) is 9.23. The quantitative estimate of drug-likeness (QED) is 0.895. The molecule has 0 spiro atoms. The molecule has 1 aromatic heterocycles. The molecule has 1 aromatic rings. The number of thiophene rings is 1. The van der Waals surface area contributed by atoms with Gasteiger partial charge in [0.1, 0.15) is 5.82 Å². The van der Waals surface area contributed by atoms with Crippen LogP contribution >= 0.6 is 11.3 Å². The maximum absolute atomic E-state index is 13.1. The first-order chi connectivity index (χ1) is 11.9. The fourth-order valence-electron chi connectivity index (χ4n) is 3.75. The molecular weight excluding hydrogens is 334 g/mol. The smallest absolute Gasteiger partial charge is 0.162 e. The summed E-state index contributed by atoms with van der Waals surface area (Å²) in [5.74, 6) is 0.219. The number of ketones is 1. The molecule has 132 valence electrons. The number of Topliss-reactive ketones (excluding diaryl/α,β-unsaturated/α-hetero) is 1. The number of hydrogen-bond donors (Lipinski definition) is 1. The number of carbonyl (C=O) groups excluding carboxylic acids is 1. The molecule has 0 saturated heterocycles. The maximum Gasteiger partial charge on any atom is 0.162 e. The van der Waals surface area contributed by atoms with Gasteiger partial charge < -0.3 is 15.4 Å². The molecule has 3 rings (SSSR count). The Morgan fingerprint density at radius 2 is 2.24 bits per heavy atom. The minimum Gasteiger partial charge on any atom is -0.384 e. The number of ether oxygens (including phenoxy) is 1. The Labute approximate surface area is 152 Å². The number of nitriles is 1. The van der Waals surface area contributed by atoms with Crippen molar-refractivity contribution in [2.45, 2.75) is 32.6 Å². The van der Waals surface area contributed by atoms with Gasteiger partial charge in [0.05, 0.1) is 24.2 Å². The standard InChI is InChI=1S/C19H23N3O2S/c1-19(2)9-13-17(14(23)10-19)16(15-5-4-8-25-15)12(11-20)18(21)22(13)6-7-24-3/h4-5,8,16H,6-7,9-10,21H2,1-3H3/t16-/m1/s1. The first-order valence-electron chi connectivity index (χ1n) is 8.35. The van der Waals surface area contributed by atoms with Crippen molar-refractivity contribution in [2.75, 3.05) is 20.3 Å². The van der Waals surface area contributed by atoms with E-state index < -0.39 is 0 Å². The van der Waals surface area contributed by atoms with Crippen molar-refractivity contribution < 1.29 is 9.53 Å². The molecule has 2 aliphatic rings. The molecule has 5 nitrogen and oxygen atoms in total. The molecule has 0 fully saturated rings. The topological polar surface area (TPSA) is 79.3 Å². The first kappa shape index (κ1) is 17.7. The minimum absolute atomic E-state index is 0.118. The predicted octanol–water partition coefficient (Wildman–Crippen LogP) is 3.13. The van der Waals surface area contributed by atoms with Crippen molar-refractivity contribution in [3.05, 3.63) is 45.1 Å². The molecule has 2 N–H and O–H groups in total. The molecule has 0 bridgehead atoms. The molecule has 1 atom stereocenters. The van der Waals surface area contributed by atoms with Crippen molar-refractivity contribution in [3.8, 4) is 6.07 Å². The highest BCUT2D eigenvalue weighted by Crippen LogP contribution is 2.49. The third kappa shape index (κ3) is 3.10. The summed E-state index contributed by atoms with van der Waals surface area (Å²) in [4.78, 5) is 16.0. The average Bonchev–Trinajstić information content (AvgIpc) is 3.06. The zero-order valence-corrected chi connectivity index (χ0v) is 15.7. The SMILES string of the molecule is COCCN1C(N)=C(C#N)[C@H](c2cccs2)C2=C1CC(C)(C)CC2=O. The Bertz CT molecular complexity index is 784. The van der Waals surface area contributed by atoms with E-state index in [0.717, 1.165) is 22.6 Å². The van der Waals surface area contributed by atoms with Gasteiger partial charge in [-0.3, -0.25) is 4.79 Å². The number of nitrogens with two attached hydrogens (primary N) is 1. The lowest BCUT2D eigenvalue weighted by Gasteiger charge is -2.43. The van der Waals surface area contributed by atoms with Gasteiger partial charge in [-0.2, -0.15) is 5.26 Å². The Hall–Kier alpha value is -2.10. The number of nitrogens with zero attached hydrogens (tertiary/aromatic N) is 2. The molecule has 0 amide bonds. The van der Waals surface area contributed by atoms with Crippen LogP contribution in [-0.4, -0.2) is 30.9 Å². The summed E-state index contributed by atoms with van der Waals surface area (Å²) in [6.45, 7) is 5.22. The van der Waals surface area contributed by atoms with Gasteiger partial charge in [-0.25, -0.2) is 0 Å². The third-order valence-corrected chi connectivity index (χ3v) is 5.77. The van der Waals surface area contributed by atoms with Crippen LogP contribution in [-0.2, 0) is 9.53 Å². The van der Waals surface area contributed by atoms with Crippen LogP contribution < -0.4 is 5.73 Å². The van der Waals surface area contributed by atoms with Crippen LogP contribution in [0.3, 0.4) is 0 Å². The lowest BCUT2D eigenvalue weighted by Crippen LogP contribution is -2.42. The zero-order chi connectivity index (χ0) is 18.2. The van der Waals surface area contributed by atoms with Gasteiger partial charge in [0.15, 0.2) is 5.78 Å². The van der Waals surface area contributed by atoms with Crippen molar-refractivity contribution in [3.63, 3.8) is 0 Å². The largest absolute Gasteiger partial charge is 0.384 e. The highest BCUT2D eigenvalue weighted by molar-refractivity contribution is 7.10. The Morgan fingerprint density at radius 3 is 2.84 bits per heavy atom. The molecule has 0 aromatic carbocycles. The van der Waals surface area contributed by atoms with Crippen LogP contribution in [0.1, 0.15) is 37.5 Å². The van der Waals surface area contributed by atoms with Crippen LogP contribution in [0, 0.1) is 16.7 Å². The summed E-state index contributed by atoms with van der Waals surface area (Å²) in [5.41, 5.74) is 8.43. The molecule has 6 heteroatoms. The highest BCUT2D eigenvalue weighted by Gasteiger charge is 2.44. The van der Waals surface area contributed by atoms with Crippen molar-refractivity contribution in [2.24, 2.45) is 11.1 Å². The van der Waals surface area contributed by atoms with Crippen LogP contribution in [0.15, 0.2) is 40.2 Å². The van der Waals surface area contributed by atoms with Gasteiger partial charge in [-0.1, -0.05) is 19.9 Å². The number of rotatable bonds is 4. The van der Waals surface area contributed by atoms with Crippen LogP contribution in [0.2, 0.25) is 0 Å². The summed E-state index contributed by atoms with van der Waals surface area (Å²) in [5, 5.41) is 11.7. The number of hydrogen-bond acceptors (Lipinski definition) is 6. The van der Waals surface area contributed by atoms with Crippen molar-refractivity contribution in [1.82, 2.24) is 4.90 Å². The fourth-order valence-corrected chi connectivity index (χ4v) is 4.60. The zero-order valence-electron chi connectivity index (χ0n) is 14.8. The van der Waals surface area contributed by atoms with Crippen LogP contribution in [0.5, 0.6) is 0 Å². The third-order valence-electron chi connectivity index (χ3n) is 4.83. The Morgan fingerprint density at radius 1 is 1.48 bits per heavy atom. The molecule has 0 radical (unpaired) electrons. The second-order valence-corrected chi connectivity index (χ2v) is 8.28. The summed E-state index contributed by atoms with van der Waals surface area (Å²) in [6.07, 6.45) is 1.25. The van der Waals surface area contributed by atoms with Gasteiger partial charge in [0.25, 0.3) is 0 Å². The van der Waals surface area contributed by atoms with Crippen LogP contribution in [0.4, 0.5) is 0 Å². The lowest BCUT2D eigenvalue weighted by molar-refractivity contribution is -0.118. The van der Waals surface area contributed by atoms with E-state index in [1.165, 1.54) is 0 Å². The van der Waals surface area contributed by atoms with E-state index in [4.69, 9.17) is 10.5 Å². The number of carbonyl (C=O) groups is 1. The summed E-state index contributed by atoms with van der Waals surface area (Å²) in [7, 11) is 1.63. The second kappa shape index (κ2) is 6.66. The normalized spacial score (nSPS) is 22.9. The fraction of sp³-hybridized carbons (Fsp3) is 0.474. The summed E-state index contributed by atoms with van der Waals surface area (Å²) in [6, 6.07) is 6.18. The van der Waals surface area contributed by atoms with E-state index >= 15 is 0 Å².